The predicted molar refractivity (Wildman–Crippen MR) is 47.3 cm³/mol. The summed E-state index contributed by atoms with van der Waals surface area (Å²) in [5.74, 6) is 0.0826. The van der Waals surface area contributed by atoms with Crippen molar-refractivity contribution in [2.75, 3.05) is 13.6 Å². The molecule has 1 heterocycles. The number of rotatable bonds is 5. The van der Waals surface area contributed by atoms with E-state index in [2.05, 4.69) is 0 Å². The SMILES string of the molecule is CN(CCC(=O)O)Cc1ccco1. The first-order valence-electron chi connectivity index (χ1n) is 4.11. The lowest BCUT2D eigenvalue weighted by molar-refractivity contribution is -0.137. The third-order valence-corrected chi connectivity index (χ3v) is 1.71. The van der Waals surface area contributed by atoms with Gasteiger partial charge in [-0.3, -0.25) is 9.69 Å². The predicted octanol–water partition coefficient (Wildman–Crippen LogP) is 1.19. The summed E-state index contributed by atoms with van der Waals surface area (Å²) in [7, 11) is 1.87. The fourth-order valence-electron chi connectivity index (χ4n) is 1.03. The second kappa shape index (κ2) is 4.67. The van der Waals surface area contributed by atoms with E-state index in [4.69, 9.17) is 9.52 Å². The molecule has 0 amide bonds. The minimum absolute atomic E-state index is 0.164. The highest BCUT2D eigenvalue weighted by molar-refractivity contribution is 5.66. The van der Waals surface area contributed by atoms with Crippen LogP contribution in [-0.4, -0.2) is 29.6 Å². The zero-order valence-electron chi connectivity index (χ0n) is 7.56. The van der Waals surface area contributed by atoms with Crippen molar-refractivity contribution in [2.24, 2.45) is 0 Å². The van der Waals surface area contributed by atoms with E-state index in [0.717, 1.165) is 5.76 Å². The molecule has 0 spiro atoms. The van der Waals surface area contributed by atoms with Crippen LogP contribution < -0.4 is 0 Å². The van der Waals surface area contributed by atoms with Gasteiger partial charge >= 0.3 is 5.97 Å². The summed E-state index contributed by atoms with van der Waals surface area (Å²) in [6.07, 6.45) is 1.78. The average Bonchev–Trinajstić information content (AvgIpc) is 2.53. The molecule has 0 bridgehead atoms. The molecule has 1 aromatic heterocycles. The number of carboxylic acids is 1. The van der Waals surface area contributed by atoms with Crippen molar-refractivity contribution < 1.29 is 14.3 Å². The van der Waals surface area contributed by atoms with Crippen LogP contribution in [0.25, 0.3) is 0 Å². The minimum atomic E-state index is -0.772. The van der Waals surface area contributed by atoms with E-state index >= 15 is 0 Å². The standard InChI is InChI=1S/C9H13NO3/c1-10(5-4-9(11)12)7-8-3-2-6-13-8/h2-3,6H,4-5,7H2,1H3,(H,11,12). The number of nitrogens with zero attached hydrogens (tertiary/aromatic N) is 1. The van der Waals surface area contributed by atoms with E-state index in [1.165, 1.54) is 0 Å². The third kappa shape index (κ3) is 3.75. The van der Waals surface area contributed by atoms with Crippen LogP contribution in [0.2, 0.25) is 0 Å². The highest BCUT2D eigenvalue weighted by Crippen LogP contribution is 2.03. The lowest BCUT2D eigenvalue weighted by Crippen LogP contribution is -2.20. The summed E-state index contributed by atoms with van der Waals surface area (Å²) in [6.45, 7) is 1.19. The Balaban J connectivity index is 2.25. The summed E-state index contributed by atoms with van der Waals surface area (Å²) < 4.78 is 5.12. The average molecular weight is 183 g/mol. The van der Waals surface area contributed by atoms with Gasteiger partial charge in [0.05, 0.1) is 19.2 Å². The molecule has 0 atom stereocenters. The van der Waals surface area contributed by atoms with E-state index < -0.39 is 5.97 Å². The maximum Gasteiger partial charge on any atom is 0.304 e. The van der Waals surface area contributed by atoms with Gasteiger partial charge in [0.15, 0.2) is 0 Å². The fraction of sp³-hybridized carbons (Fsp3) is 0.444. The normalized spacial score (nSPS) is 10.6. The van der Waals surface area contributed by atoms with Crippen molar-refractivity contribution in [3.63, 3.8) is 0 Å². The fourth-order valence-corrected chi connectivity index (χ4v) is 1.03. The van der Waals surface area contributed by atoms with E-state index in [-0.39, 0.29) is 6.42 Å². The smallest absolute Gasteiger partial charge is 0.304 e. The summed E-state index contributed by atoms with van der Waals surface area (Å²) in [4.78, 5) is 12.2. The van der Waals surface area contributed by atoms with Crippen LogP contribution in [0.3, 0.4) is 0 Å². The van der Waals surface area contributed by atoms with E-state index in [1.807, 2.05) is 24.1 Å². The van der Waals surface area contributed by atoms with Crippen LogP contribution in [0.15, 0.2) is 22.8 Å². The van der Waals surface area contributed by atoms with Crippen LogP contribution in [0.4, 0.5) is 0 Å². The van der Waals surface area contributed by atoms with Crippen LogP contribution in [0, 0.1) is 0 Å². The first-order chi connectivity index (χ1) is 6.18. The lowest BCUT2D eigenvalue weighted by atomic mass is 10.3. The Labute approximate surface area is 76.8 Å². The van der Waals surface area contributed by atoms with Crippen molar-refractivity contribution in [1.82, 2.24) is 4.90 Å². The van der Waals surface area contributed by atoms with Crippen molar-refractivity contribution in [3.8, 4) is 0 Å². The second-order valence-corrected chi connectivity index (χ2v) is 2.96. The Kier molecular flexibility index (Phi) is 3.52. The lowest BCUT2D eigenvalue weighted by Gasteiger charge is -2.12. The molecule has 0 aliphatic carbocycles. The van der Waals surface area contributed by atoms with E-state index in [9.17, 15) is 4.79 Å². The van der Waals surface area contributed by atoms with Gasteiger partial charge in [0.2, 0.25) is 0 Å². The van der Waals surface area contributed by atoms with Crippen molar-refractivity contribution >= 4 is 5.97 Å². The molecule has 72 valence electrons. The quantitative estimate of drug-likeness (QED) is 0.744. The molecule has 0 fully saturated rings. The highest BCUT2D eigenvalue weighted by Gasteiger charge is 2.04. The zero-order valence-corrected chi connectivity index (χ0v) is 7.56. The molecule has 0 aliphatic rings. The van der Waals surface area contributed by atoms with Crippen LogP contribution in [-0.2, 0) is 11.3 Å². The van der Waals surface area contributed by atoms with Crippen molar-refractivity contribution in [2.45, 2.75) is 13.0 Å². The summed E-state index contributed by atoms with van der Waals surface area (Å²) in [5.41, 5.74) is 0. The molecule has 1 N–H and O–H groups in total. The Hall–Kier alpha value is -1.29. The Morgan fingerprint density at radius 1 is 1.69 bits per heavy atom. The number of furan rings is 1. The minimum Gasteiger partial charge on any atom is -0.481 e. The number of hydrogen-bond donors (Lipinski definition) is 1. The molecule has 4 nitrogen and oxygen atoms in total. The number of carboxylic acid groups (broad SMARTS) is 1. The maximum atomic E-state index is 10.3. The maximum absolute atomic E-state index is 10.3. The monoisotopic (exact) mass is 183 g/mol. The largest absolute Gasteiger partial charge is 0.481 e. The molecular weight excluding hydrogens is 170 g/mol. The van der Waals surface area contributed by atoms with Gasteiger partial charge in [0, 0.05) is 6.54 Å². The van der Waals surface area contributed by atoms with Crippen molar-refractivity contribution in [3.05, 3.63) is 24.2 Å². The molecule has 0 radical (unpaired) electrons. The first kappa shape index (κ1) is 9.80. The molecule has 0 unspecified atom stereocenters. The Morgan fingerprint density at radius 3 is 3.00 bits per heavy atom. The molecule has 1 aromatic rings. The molecule has 13 heavy (non-hydrogen) atoms. The van der Waals surface area contributed by atoms with Gasteiger partial charge < -0.3 is 9.52 Å². The topological polar surface area (TPSA) is 53.7 Å². The van der Waals surface area contributed by atoms with Gasteiger partial charge in [0.25, 0.3) is 0 Å². The molecule has 1 rings (SSSR count). The summed E-state index contributed by atoms with van der Waals surface area (Å²) in [6, 6.07) is 3.69. The molecule has 0 saturated heterocycles. The van der Waals surface area contributed by atoms with Crippen LogP contribution in [0.5, 0.6) is 0 Å². The number of carbonyl (C=O) groups is 1. The van der Waals surface area contributed by atoms with Crippen LogP contribution in [0.1, 0.15) is 12.2 Å². The third-order valence-electron chi connectivity index (χ3n) is 1.71. The highest BCUT2D eigenvalue weighted by atomic mass is 16.4. The van der Waals surface area contributed by atoms with Gasteiger partial charge in [-0.25, -0.2) is 0 Å². The molecule has 0 saturated carbocycles. The zero-order chi connectivity index (χ0) is 9.68. The Bertz CT molecular complexity index is 256. The Morgan fingerprint density at radius 2 is 2.46 bits per heavy atom. The van der Waals surface area contributed by atoms with Gasteiger partial charge in [0.1, 0.15) is 5.76 Å². The number of hydrogen-bond acceptors (Lipinski definition) is 3. The molecule has 0 aromatic carbocycles. The molecule has 4 heteroatoms. The molecule has 0 aliphatic heterocycles. The van der Waals surface area contributed by atoms with Crippen LogP contribution >= 0.6 is 0 Å². The second-order valence-electron chi connectivity index (χ2n) is 2.96. The summed E-state index contributed by atoms with van der Waals surface area (Å²) >= 11 is 0. The van der Waals surface area contributed by atoms with E-state index in [0.29, 0.717) is 13.1 Å². The summed E-state index contributed by atoms with van der Waals surface area (Å²) in [5, 5.41) is 8.44. The first-order valence-corrected chi connectivity index (χ1v) is 4.11. The number of aliphatic carboxylic acids is 1. The van der Waals surface area contributed by atoms with E-state index in [1.54, 1.807) is 6.26 Å². The van der Waals surface area contributed by atoms with Gasteiger partial charge in [-0.05, 0) is 19.2 Å². The van der Waals surface area contributed by atoms with Crippen molar-refractivity contribution in [1.29, 1.82) is 0 Å². The van der Waals surface area contributed by atoms with Gasteiger partial charge in [-0.15, -0.1) is 0 Å². The van der Waals surface area contributed by atoms with Gasteiger partial charge in [-0.1, -0.05) is 0 Å². The van der Waals surface area contributed by atoms with Gasteiger partial charge in [-0.2, -0.15) is 0 Å². The molecular formula is C9H13NO3.